The van der Waals surface area contributed by atoms with Crippen molar-refractivity contribution >= 4 is 28.9 Å². The first-order chi connectivity index (χ1) is 23.0. The SMILES string of the molecule is C=CCc1cc(C2C3=C(CC(C)(C)CC3=O)N(CCC(=O)O)C3=C2C(=O)CC(C)(C)C3)cc(OC)c1Oc1ccc([N+](=O)[O-])cc1[N+](=O)[O-]. The van der Waals surface area contributed by atoms with Gasteiger partial charge >= 0.3 is 11.7 Å². The van der Waals surface area contributed by atoms with E-state index in [4.69, 9.17) is 9.47 Å². The maximum Gasteiger partial charge on any atom is 0.318 e. The molecule has 0 amide bonds. The molecule has 258 valence electrons. The van der Waals surface area contributed by atoms with Gasteiger partial charge in [-0.15, -0.1) is 6.58 Å². The number of carboxylic acid groups (broad SMARTS) is 1. The van der Waals surface area contributed by atoms with Gasteiger partial charge in [0, 0.05) is 59.5 Å². The summed E-state index contributed by atoms with van der Waals surface area (Å²) in [5.41, 5.74) is 1.47. The quantitative estimate of drug-likeness (QED) is 0.145. The Morgan fingerprint density at radius 2 is 1.55 bits per heavy atom. The summed E-state index contributed by atoms with van der Waals surface area (Å²) in [7, 11) is 1.39. The number of carbonyl (C=O) groups is 3. The second kappa shape index (κ2) is 12.9. The number of benzene rings is 2. The average molecular weight is 674 g/mol. The highest BCUT2D eigenvalue weighted by molar-refractivity contribution is 6.07. The van der Waals surface area contributed by atoms with Gasteiger partial charge in [0.05, 0.1) is 29.4 Å². The summed E-state index contributed by atoms with van der Waals surface area (Å²) in [6.07, 6.45) is 3.09. The number of nitro benzene ring substituents is 2. The summed E-state index contributed by atoms with van der Waals surface area (Å²) >= 11 is 0. The van der Waals surface area contributed by atoms with Crippen molar-refractivity contribution in [2.75, 3.05) is 13.7 Å². The number of Topliss-reactive ketones (excluding diaryl/α,β-unsaturated/α-hetero) is 2. The second-order valence-electron chi connectivity index (χ2n) is 14.3. The molecule has 0 spiro atoms. The van der Waals surface area contributed by atoms with Gasteiger partial charge in [0.25, 0.3) is 5.69 Å². The van der Waals surface area contributed by atoms with Crippen LogP contribution in [0.4, 0.5) is 11.4 Å². The average Bonchev–Trinajstić information content (AvgIpc) is 2.99. The van der Waals surface area contributed by atoms with Gasteiger partial charge in [-0.2, -0.15) is 0 Å². The molecule has 0 radical (unpaired) electrons. The van der Waals surface area contributed by atoms with E-state index in [-0.39, 0.29) is 61.0 Å². The number of non-ortho nitro benzene ring substituents is 1. The summed E-state index contributed by atoms with van der Waals surface area (Å²) in [5.74, 6) is -2.01. The van der Waals surface area contributed by atoms with E-state index in [1.807, 2.05) is 32.6 Å². The van der Waals surface area contributed by atoms with Crippen LogP contribution in [0.2, 0.25) is 0 Å². The zero-order valence-corrected chi connectivity index (χ0v) is 28.2. The lowest BCUT2D eigenvalue weighted by Crippen LogP contribution is -2.45. The zero-order valence-electron chi connectivity index (χ0n) is 28.2. The van der Waals surface area contributed by atoms with Crippen molar-refractivity contribution in [3.63, 3.8) is 0 Å². The van der Waals surface area contributed by atoms with E-state index in [0.717, 1.165) is 18.2 Å². The lowest BCUT2D eigenvalue weighted by atomic mass is 9.63. The highest BCUT2D eigenvalue weighted by Gasteiger charge is 2.49. The van der Waals surface area contributed by atoms with Crippen LogP contribution in [-0.4, -0.2) is 51.0 Å². The van der Waals surface area contributed by atoms with Gasteiger partial charge in [0.15, 0.2) is 23.1 Å². The summed E-state index contributed by atoms with van der Waals surface area (Å²) in [4.78, 5) is 63.7. The number of ether oxygens (including phenoxy) is 2. The Balaban J connectivity index is 1.75. The highest BCUT2D eigenvalue weighted by atomic mass is 16.6. The molecule has 1 heterocycles. The number of hydrogen-bond acceptors (Lipinski definition) is 10. The van der Waals surface area contributed by atoms with Crippen molar-refractivity contribution in [1.82, 2.24) is 4.90 Å². The van der Waals surface area contributed by atoms with Crippen LogP contribution in [0.5, 0.6) is 17.2 Å². The first-order valence-electron chi connectivity index (χ1n) is 15.9. The minimum atomic E-state index is -0.989. The molecule has 0 atom stereocenters. The van der Waals surface area contributed by atoms with Crippen LogP contribution in [-0.2, 0) is 20.8 Å². The fourth-order valence-corrected chi connectivity index (χ4v) is 7.24. The molecule has 0 aromatic heterocycles. The topological polar surface area (TPSA) is 179 Å². The molecule has 0 fully saturated rings. The highest BCUT2D eigenvalue weighted by Crippen LogP contribution is 2.55. The van der Waals surface area contributed by atoms with Crippen molar-refractivity contribution in [2.45, 2.75) is 72.1 Å². The van der Waals surface area contributed by atoms with Gasteiger partial charge < -0.3 is 19.5 Å². The Morgan fingerprint density at radius 1 is 0.959 bits per heavy atom. The number of aliphatic carboxylic acids is 1. The Labute approximate surface area is 283 Å². The first kappa shape index (κ1) is 35.0. The van der Waals surface area contributed by atoms with Crippen LogP contribution in [0.15, 0.2) is 65.5 Å². The summed E-state index contributed by atoms with van der Waals surface area (Å²) in [6.45, 7) is 11.9. The lowest BCUT2D eigenvalue weighted by molar-refractivity contribution is -0.394. The van der Waals surface area contributed by atoms with Crippen molar-refractivity contribution in [2.24, 2.45) is 10.8 Å². The van der Waals surface area contributed by atoms with Crippen LogP contribution in [0, 0.1) is 31.1 Å². The van der Waals surface area contributed by atoms with Crippen molar-refractivity contribution in [3.05, 3.63) is 96.9 Å². The van der Waals surface area contributed by atoms with Gasteiger partial charge in [0.2, 0.25) is 5.75 Å². The molecule has 3 aliphatic rings. The molecule has 49 heavy (non-hydrogen) atoms. The standard InChI is InChI=1S/C36H39N3O10/c1-7-8-20-13-21(14-29(48-6)34(20)49-28-10-9-22(38(44)45)15-23(28)39(46)47)31-32-24(16-35(2,3)18-26(32)40)37(12-11-30(42)43)25-17-36(4,5)19-27(41)33(25)31/h7,9-10,13-15,31H,1,8,11-12,16-19H2,2-6H3,(H,42,43). The number of hydrogen-bond donors (Lipinski definition) is 1. The molecule has 2 aliphatic carbocycles. The van der Waals surface area contributed by atoms with Crippen molar-refractivity contribution in [1.29, 1.82) is 0 Å². The molecular formula is C36H39N3O10. The molecule has 13 heteroatoms. The predicted octanol–water partition coefficient (Wildman–Crippen LogP) is 7.19. The van der Waals surface area contributed by atoms with Crippen LogP contribution in [0.3, 0.4) is 0 Å². The Morgan fingerprint density at radius 3 is 2.04 bits per heavy atom. The molecule has 1 aliphatic heterocycles. The third-order valence-corrected chi connectivity index (χ3v) is 9.20. The predicted molar refractivity (Wildman–Crippen MR) is 179 cm³/mol. The minimum Gasteiger partial charge on any atom is -0.493 e. The van der Waals surface area contributed by atoms with E-state index < -0.39 is 43.9 Å². The van der Waals surface area contributed by atoms with E-state index in [1.165, 1.54) is 7.11 Å². The maximum absolute atomic E-state index is 14.2. The third-order valence-electron chi connectivity index (χ3n) is 9.20. The number of carboxylic acids is 1. The maximum atomic E-state index is 14.2. The molecule has 2 aromatic carbocycles. The number of rotatable bonds is 11. The third kappa shape index (κ3) is 6.83. The monoisotopic (exact) mass is 673 g/mol. The number of nitro groups is 2. The van der Waals surface area contributed by atoms with Crippen molar-refractivity contribution in [3.8, 4) is 17.2 Å². The van der Waals surface area contributed by atoms with Crippen molar-refractivity contribution < 1.29 is 38.8 Å². The smallest absolute Gasteiger partial charge is 0.318 e. The molecule has 1 N–H and O–H groups in total. The number of methoxy groups -OCH3 is 1. The summed E-state index contributed by atoms with van der Waals surface area (Å²) in [5, 5.41) is 32.8. The second-order valence-corrected chi connectivity index (χ2v) is 14.3. The Hall–Kier alpha value is -5.33. The minimum absolute atomic E-state index is 0.109. The van der Waals surface area contributed by atoms with E-state index in [0.29, 0.717) is 46.5 Å². The van der Waals surface area contributed by atoms with Gasteiger partial charge in [0.1, 0.15) is 0 Å². The number of ketones is 2. The van der Waals surface area contributed by atoms with Crippen LogP contribution >= 0.6 is 0 Å². The molecule has 5 rings (SSSR count). The fraction of sp³-hybridized carbons (Fsp3) is 0.417. The van der Waals surface area contributed by atoms with E-state index in [9.17, 15) is 39.7 Å². The normalized spacial score (nSPS) is 18.5. The summed E-state index contributed by atoms with van der Waals surface area (Å²) in [6, 6.07) is 6.47. The van der Waals surface area contributed by atoms with Gasteiger partial charge in [-0.05, 0) is 47.8 Å². The molecule has 0 bridgehead atoms. The first-order valence-corrected chi connectivity index (χ1v) is 15.9. The molecular weight excluding hydrogens is 634 g/mol. The van der Waals surface area contributed by atoms with Gasteiger partial charge in [-0.3, -0.25) is 34.6 Å². The summed E-state index contributed by atoms with van der Waals surface area (Å²) < 4.78 is 11.8. The molecule has 13 nitrogen and oxygen atoms in total. The van der Waals surface area contributed by atoms with Gasteiger partial charge in [-0.25, -0.2) is 0 Å². The largest absolute Gasteiger partial charge is 0.493 e. The number of allylic oxidation sites excluding steroid dienone is 5. The van der Waals surface area contributed by atoms with Crippen LogP contribution in [0.25, 0.3) is 0 Å². The fourth-order valence-electron chi connectivity index (χ4n) is 7.24. The number of nitrogens with zero attached hydrogens (tertiary/aromatic N) is 3. The van der Waals surface area contributed by atoms with E-state index in [1.54, 1.807) is 18.2 Å². The zero-order chi connectivity index (χ0) is 36.0. The molecule has 0 saturated heterocycles. The van der Waals surface area contributed by atoms with Gasteiger partial charge in [-0.1, -0.05) is 39.8 Å². The lowest BCUT2D eigenvalue weighted by Gasteiger charge is -2.49. The van der Waals surface area contributed by atoms with Crippen LogP contribution < -0.4 is 9.47 Å². The van der Waals surface area contributed by atoms with E-state index >= 15 is 0 Å². The Bertz CT molecular complexity index is 1820. The van der Waals surface area contributed by atoms with Crippen LogP contribution in [0.1, 0.15) is 76.8 Å². The molecule has 2 aromatic rings. The molecule has 0 unspecified atom stereocenters. The Kier molecular flexibility index (Phi) is 9.24. The molecule has 0 saturated carbocycles. The number of carbonyl (C=O) groups excluding carboxylic acids is 2. The van der Waals surface area contributed by atoms with E-state index in [2.05, 4.69) is 6.58 Å².